The van der Waals surface area contributed by atoms with Crippen LogP contribution in [0.25, 0.3) is 0 Å². The average molecular weight is 287 g/mol. The van der Waals surface area contributed by atoms with Crippen molar-refractivity contribution in [1.82, 2.24) is 0 Å². The fourth-order valence-electron chi connectivity index (χ4n) is 1.63. The third-order valence-electron chi connectivity index (χ3n) is 2.48. The van der Waals surface area contributed by atoms with Crippen LogP contribution in [0.4, 0.5) is 11.4 Å². The molecule has 0 heterocycles. The molecule has 1 rings (SSSR count). The molecular weight excluding hydrogens is 268 g/mol. The molecule has 3 N–H and O–H groups in total. The van der Waals surface area contributed by atoms with Gasteiger partial charge in [0, 0.05) is 18.3 Å². The average Bonchev–Trinajstić information content (AvgIpc) is 2.38. The lowest BCUT2D eigenvalue weighted by atomic mass is 10.1. The Balaban J connectivity index is 3.00. The van der Waals surface area contributed by atoms with Gasteiger partial charge in [-0.15, -0.1) is 0 Å². The number of nitrogens with one attached hydrogen (secondary N) is 1. The van der Waals surface area contributed by atoms with Crippen LogP contribution in [0.1, 0.15) is 24.2 Å². The van der Waals surface area contributed by atoms with E-state index < -0.39 is 5.97 Å². The summed E-state index contributed by atoms with van der Waals surface area (Å²) in [5.41, 5.74) is 6.92. The topological polar surface area (TPSA) is 73.6 Å². The molecule has 1 unspecified atom stereocenters. The number of esters is 1. The first-order valence-electron chi connectivity index (χ1n) is 6.01. The zero-order valence-electron chi connectivity index (χ0n) is 11.3. The van der Waals surface area contributed by atoms with Gasteiger partial charge in [-0.2, -0.15) is 0 Å². The fraction of sp³-hybridized carbons (Fsp3) is 0.462. The number of ether oxygens (including phenoxy) is 2. The molecule has 1 atom stereocenters. The first-order chi connectivity index (χ1) is 8.99. The molecule has 0 saturated heterocycles. The van der Waals surface area contributed by atoms with Crippen LogP contribution in [-0.2, 0) is 9.47 Å². The number of methoxy groups -OCH3 is 1. The summed E-state index contributed by atoms with van der Waals surface area (Å²) in [6.45, 7) is 5.00. The zero-order chi connectivity index (χ0) is 14.4. The molecule has 0 aliphatic carbocycles. The minimum Gasteiger partial charge on any atom is -0.465 e. The number of halogens is 1. The van der Waals surface area contributed by atoms with E-state index in [1.807, 2.05) is 13.8 Å². The van der Waals surface area contributed by atoms with E-state index in [-0.39, 0.29) is 6.04 Å². The van der Waals surface area contributed by atoms with Gasteiger partial charge in [0.1, 0.15) is 0 Å². The van der Waals surface area contributed by atoms with Crippen LogP contribution in [-0.4, -0.2) is 32.3 Å². The van der Waals surface area contributed by atoms with Crippen LogP contribution in [0.15, 0.2) is 12.1 Å². The number of benzene rings is 1. The van der Waals surface area contributed by atoms with Crippen LogP contribution in [0, 0.1) is 0 Å². The minimum atomic E-state index is -0.486. The first-order valence-corrected chi connectivity index (χ1v) is 6.39. The molecule has 6 heteroatoms. The molecule has 0 fully saturated rings. The molecule has 0 aromatic heterocycles. The van der Waals surface area contributed by atoms with Crippen molar-refractivity contribution in [3.8, 4) is 0 Å². The molecule has 0 radical (unpaired) electrons. The normalized spacial score (nSPS) is 12.0. The Hall–Kier alpha value is -1.46. The largest absolute Gasteiger partial charge is 0.465 e. The van der Waals surface area contributed by atoms with Gasteiger partial charge < -0.3 is 20.5 Å². The highest BCUT2D eigenvalue weighted by molar-refractivity contribution is 6.34. The highest BCUT2D eigenvalue weighted by Gasteiger charge is 2.17. The van der Waals surface area contributed by atoms with Crippen molar-refractivity contribution >= 4 is 28.9 Å². The van der Waals surface area contributed by atoms with Gasteiger partial charge in [0.15, 0.2) is 0 Å². The van der Waals surface area contributed by atoms with E-state index >= 15 is 0 Å². The van der Waals surface area contributed by atoms with E-state index in [1.165, 1.54) is 13.2 Å². The van der Waals surface area contributed by atoms with E-state index in [0.717, 1.165) is 0 Å². The van der Waals surface area contributed by atoms with Crippen LogP contribution in [0.5, 0.6) is 0 Å². The highest BCUT2D eigenvalue weighted by Crippen LogP contribution is 2.30. The smallest absolute Gasteiger partial charge is 0.340 e. The van der Waals surface area contributed by atoms with Crippen molar-refractivity contribution in [2.24, 2.45) is 0 Å². The molecule has 5 nitrogen and oxygen atoms in total. The van der Waals surface area contributed by atoms with Crippen molar-refractivity contribution < 1.29 is 14.3 Å². The Morgan fingerprint density at radius 1 is 1.53 bits per heavy atom. The fourth-order valence-corrected chi connectivity index (χ4v) is 1.91. The number of hydrogen-bond donors (Lipinski definition) is 2. The third kappa shape index (κ3) is 4.29. The number of hydrogen-bond acceptors (Lipinski definition) is 5. The Morgan fingerprint density at radius 2 is 2.21 bits per heavy atom. The Bertz CT molecular complexity index is 452. The lowest BCUT2D eigenvalue weighted by Crippen LogP contribution is -2.23. The summed E-state index contributed by atoms with van der Waals surface area (Å²) in [4.78, 5) is 11.7. The lowest BCUT2D eigenvalue weighted by molar-refractivity contribution is 0.0601. The minimum absolute atomic E-state index is 0.00415. The molecule has 0 aliphatic heterocycles. The quantitative estimate of drug-likeness (QED) is 0.621. The van der Waals surface area contributed by atoms with Crippen molar-refractivity contribution in [3.63, 3.8) is 0 Å². The number of nitrogens with two attached hydrogens (primary N) is 1. The summed E-state index contributed by atoms with van der Waals surface area (Å²) in [7, 11) is 1.31. The molecule has 0 saturated carbocycles. The van der Waals surface area contributed by atoms with Gasteiger partial charge in [-0.05, 0) is 26.0 Å². The second kappa shape index (κ2) is 7.21. The van der Waals surface area contributed by atoms with Crippen molar-refractivity contribution in [2.75, 3.05) is 31.4 Å². The second-order valence-corrected chi connectivity index (χ2v) is 4.53. The van der Waals surface area contributed by atoms with E-state index in [2.05, 4.69) is 5.32 Å². The number of rotatable bonds is 6. The zero-order valence-corrected chi connectivity index (χ0v) is 12.1. The Labute approximate surface area is 118 Å². The SMILES string of the molecule is CCOCC(C)Nc1c(Cl)cc(N)cc1C(=O)OC. The highest BCUT2D eigenvalue weighted by atomic mass is 35.5. The van der Waals surface area contributed by atoms with Gasteiger partial charge >= 0.3 is 5.97 Å². The maximum atomic E-state index is 11.7. The Morgan fingerprint density at radius 3 is 2.79 bits per heavy atom. The van der Waals surface area contributed by atoms with E-state index in [4.69, 9.17) is 26.8 Å². The van der Waals surface area contributed by atoms with Crippen LogP contribution >= 0.6 is 11.6 Å². The molecular formula is C13H19ClN2O3. The summed E-state index contributed by atoms with van der Waals surface area (Å²) in [5.74, 6) is -0.486. The van der Waals surface area contributed by atoms with Gasteiger partial charge in [0.05, 0.1) is 30.0 Å². The molecule has 19 heavy (non-hydrogen) atoms. The predicted molar refractivity (Wildman–Crippen MR) is 76.8 cm³/mol. The van der Waals surface area contributed by atoms with Gasteiger partial charge in [-0.3, -0.25) is 0 Å². The second-order valence-electron chi connectivity index (χ2n) is 4.12. The van der Waals surface area contributed by atoms with Crippen molar-refractivity contribution in [3.05, 3.63) is 22.7 Å². The number of carbonyl (C=O) groups is 1. The summed E-state index contributed by atoms with van der Waals surface area (Å²) in [5, 5.41) is 3.52. The van der Waals surface area contributed by atoms with Crippen LogP contribution in [0.2, 0.25) is 5.02 Å². The van der Waals surface area contributed by atoms with Gasteiger partial charge in [-0.25, -0.2) is 4.79 Å². The van der Waals surface area contributed by atoms with Gasteiger partial charge in [0.2, 0.25) is 0 Å². The maximum absolute atomic E-state index is 11.7. The van der Waals surface area contributed by atoms with Crippen molar-refractivity contribution in [2.45, 2.75) is 19.9 Å². The maximum Gasteiger partial charge on any atom is 0.340 e. The van der Waals surface area contributed by atoms with Gasteiger partial charge in [0.25, 0.3) is 0 Å². The summed E-state index contributed by atoms with van der Waals surface area (Å²) < 4.78 is 10.0. The van der Waals surface area contributed by atoms with Gasteiger partial charge in [-0.1, -0.05) is 11.6 Å². The first kappa shape index (κ1) is 15.6. The molecule has 1 aromatic carbocycles. The molecule has 0 bridgehead atoms. The van der Waals surface area contributed by atoms with Crippen LogP contribution < -0.4 is 11.1 Å². The number of nitrogen functional groups attached to an aromatic ring is 1. The monoisotopic (exact) mass is 286 g/mol. The predicted octanol–water partition coefficient (Wildman–Crippen LogP) is 2.55. The molecule has 0 spiro atoms. The summed E-state index contributed by atoms with van der Waals surface area (Å²) in [6, 6.07) is 3.13. The number of carbonyl (C=O) groups excluding carboxylic acids is 1. The molecule has 0 amide bonds. The van der Waals surface area contributed by atoms with Crippen molar-refractivity contribution in [1.29, 1.82) is 0 Å². The molecule has 1 aromatic rings. The summed E-state index contributed by atoms with van der Waals surface area (Å²) in [6.07, 6.45) is 0. The summed E-state index contributed by atoms with van der Waals surface area (Å²) >= 11 is 6.12. The molecule has 0 aliphatic rings. The van der Waals surface area contributed by atoms with E-state index in [9.17, 15) is 4.79 Å². The van der Waals surface area contributed by atoms with E-state index in [1.54, 1.807) is 6.07 Å². The third-order valence-corrected chi connectivity index (χ3v) is 2.78. The molecule has 106 valence electrons. The van der Waals surface area contributed by atoms with Crippen LogP contribution in [0.3, 0.4) is 0 Å². The lowest BCUT2D eigenvalue weighted by Gasteiger charge is -2.19. The Kier molecular flexibility index (Phi) is 5.92. The standard InChI is InChI=1S/C13H19ClN2O3/c1-4-19-7-8(2)16-12-10(13(17)18-3)5-9(15)6-11(12)14/h5-6,8,16H,4,7,15H2,1-3H3. The number of anilines is 2. The van der Waals surface area contributed by atoms with E-state index in [0.29, 0.717) is 35.2 Å².